The lowest BCUT2D eigenvalue weighted by Crippen LogP contribution is -2.59. The Morgan fingerprint density at radius 3 is 2.57 bits per heavy atom. The smallest absolute Gasteiger partial charge is 0.370 e. The Morgan fingerprint density at radius 1 is 1.48 bits per heavy atom. The summed E-state index contributed by atoms with van der Waals surface area (Å²) < 4.78 is 4.99. The lowest BCUT2D eigenvalue weighted by atomic mass is 9.94. The average molecular weight is 303 g/mol. The molecule has 5 atom stereocenters. The van der Waals surface area contributed by atoms with E-state index in [2.05, 4.69) is 11.9 Å². The van der Waals surface area contributed by atoms with Crippen LogP contribution in [-0.4, -0.2) is 74.5 Å². The minimum atomic E-state index is -1.73. The first-order valence-corrected chi connectivity index (χ1v) is 6.01. The Labute approximate surface area is 119 Å². The molecule has 1 aliphatic heterocycles. The number of carbonyl (C=O) groups is 2. The Bertz CT molecular complexity index is 449. The quantitative estimate of drug-likeness (QED) is 0.285. The van der Waals surface area contributed by atoms with Gasteiger partial charge >= 0.3 is 5.97 Å². The predicted molar refractivity (Wildman–Crippen MR) is 67.8 cm³/mol. The molecule has 0 bridgehead atoms. The molecule has 0 aromatic rings. The highest BCUT2D eigenvalue weighted by atomic mass is 16.5. The monoisotopic (exact) mass is 303 g/mol. The summed E-state index contributed by atoms with van der Waals surface area (Å²) in [5.74, 6) is -2.82. The maximum atomic E-state index is 11.3. The molecule has 0 spiro atoms. The molecular formula is C12H17NO8. The van der Waals surface area contributed by atoms with Crippen molar-refractivity contribution >= 4 is 11.9 Å². The van der Waals surface area contributed by atoms with Gasteiger partial charge < -0.3 is 35.6 Å². The van der Waals surface area contributed by atoms with E-state index >= 15 is 0 Å². The van der Waals surface area contributed by atoms with Crippen LogP contribution >= 0.6 is 0 Å². The molecule has 0 unspecified atom stereocenters. The molecular weight excluding hydrogens is 286 g/mol. The summed E-state index contributed by atoms with van der Waals surface area (Å²) in [5, 5.41) is 49.2. The summed E-state index contributed by atoms with van der Waals surface area (Å²) in [6.07, 6.45) is -4.55. The molecule has 1 aliphatic rings. The average Bonchev–Trinajstić information content (AvgIpc) is 2.46. The SMILES string of the molecule is C=CC(=O)N[C@H]1[C@H]([C@H](O)[C@H](O)CO)OC(C(=O)O)=C[C@@H]1O. The summed E-state index contributed by atoms with van der Waals surface area (Å²) in [5.41, 5.74) is 0. The third-order valence-corrected chi connectivity index (χ3v) is 2.93. The standard InChI is InChI=1S/C12H17NO8/c1-2-8(17)13-9-5(15)3-7(12(19)20)21-11(9)10(18)6(16)4-14/h2-3,5-6,9-11,14-16,18H,1,4H2,(H,13,17)(H,19,20)/t5-,6+,9+,10+,11+/m0/s1. The normalized spacial score (nSPS) is 27.8. The fourth-order valence-electron chi connectivity index (χ4n) is 1.83. The van der Waals surface area contributed by atoms with Gasteiger partial charge in [0.25, 0.3) is 0 Å². The van der Waals surface area contributed by atoms with Crippen LogP contribution in [0.25, 0.3) is 0 Å². The molecule has 6 N–H and O–H groups in total. The van der Waals surface area contributed by atoms with Crippen LogP contribution in [0.15, 0.2) is 24.5 Å². The Balaban J connectivity index is 3.06. The van der Waals surface area contributed by atoms with Gasteiger partial charge in [-0.2, -0.15) is 0 Å². The predicted octanol–water partition coefficient (Wildman–Crippen LogP) is -2.90. The number of hydrogen-bond donors (Lipinski definition) is 6. The summed E-state index contributed by atoms with van der Waals surface area (Å²) >= 11 is 0. The molecule has 0 fully saturated rings. The Kier molecular flexibility index (Phi) is 5.85. The van der Waals surface area contributed by atoms with Crippen molar-refractivity contribution in [2.45, 2.75) is 30.5 Å². The molecule has 9 heteroatoms. The van der Waals surface area contributed by atoms with Gasteiger partial charge in [0.1, 0.15) is 18.3 Å². The number of amides is 1. The van der Waals surface area contributed by atoms with Crippen molar-refractivity contribution in [1.29, 1.82) is 0 Å². The van der Waals surface area contributed by atoms with Crippen LogP contribution in [0.5, 0.6) is 0 Å². The van der Waals surface area contributed by atoms with E-state index in [1.54, 1.807) is 0 Å². The van der Waals surface area contributed by atoms with Crippen LogP contribution in [0.4, 0.5) is 0 Å². The number of aliphatic hydroxyl groups excluding tert-OH is 4. The molecule has 1 heterocycles. The second-order valence-corrected chi connectivity index (χ2v) is 4.39. The minimum Gasteiger partial charge on any atom is -0.478 e. The van der Waals surface area contributed by atoms with E-state index in [0.29, 0.717) is 0 Å². The molecule has 9 nitrogen and oxygen atoms in total. The van der Waals surface area contributed by atoms with Crippen molar-refractivity contribution in [3.63, 3.8) is 0 Å². The van der Waals surface area contributed by atoms with E-state index in [4.69, 9.17) is 14.9 Å². The van der Waals surface area contributed by atoms with Crippen molar-refractivity contribution < 1.29 is 39.9 Å². The number of carbonyl (C=O) groups excluding carboxylic acids is 1. The second-order valence-electron chi connectivity index (χ2n) is 4.39. The number of nitrogens with one attached hydrogen (secondary N) is 1. The number of rotatable bonds is 6. The fourth-order valence-corrected chi connectivity index (χ4v) is 1.83. The molecule has 0 aliphatic carbocycles. The third-order valence-electron chi connectivity index (χ3n) is 2.93. The summed E-state index contributed by atoms with van der Waals surface area (Å²) in [6, 6.07) is -1.23. The van der Waals surface area contributed by atoms with Crippen molar-refractivity contribution in [3.8, 4) is 0 Å². The molecule has 0 saturated heterocycles. The van der Waals surface area contributed by atoms with Crippen molar-refractivity contribution in [2.24, 2.45) is 0 Å². The van der Waals surface area contributed by atoms with Crippen molar-refractivity contribution in [2.75, 3.05) is 6.61 Å². The van der Waals surface area contributed by atoms with Gasteiger partial charge in [0.05, 0.1) is 12.6 Å². The molecule has 0 saturated carbocycles. The lowest BCUT2D eigenvalue weighted by molar-refractivity contribution is -0.149. The summed E-state index contributed by atoms with van der Waals surface area (Å²) in [6.45, 7) is 2.41. The van der Waals surface area contributed by atoms with E-state index in [9.17, 15) is 24.9 Å². The third kappa shape index (κ3) is 4.02. The highest BCUT2D eigenvalue weighted by Gasteiger charge is 2.43. The molecule has 0 aromatic carbocycles. The minimum absolute atomic E-state index is 0.638. The van der Waals surface area contributed by atoms with Crippen LogP contribution in [0, 0.1) is 0 Å². The molecule has 0 radical (unpaired) electrons. The van der Waals surface area contributed by atoms with Gasteiger partial charge in [0.2, 0.25) is 11.7 Å². The number of aliphatic carboxylic acids is 1. The largest absolute Gasteiger partial charge is 0.478 e. The molecule has 0 aromatic heterocycles. The van der Waals surface area contributed by atoms with Crippen LogP contribution < -0.4 is 5.32 Å². The van der Waals surface area contributed by atoms with Gasteiger partial charge in [-0.05, 0) is 12.2 Å². The Hall–Kier alpha value is -1.94. The van der Waals surface area contributed by atoms with E-state index in [-0.39, 0.29) is 0 Å². The zero-order chi connectivity index (χ0) is 16.2. The number of carboxylic acid groups (broad SMARTS) is 1. The van der Waals surface area contributed by atoms with Crippen LogP contribution in [-0.2, 0) is 14.3 Å². The zero-order valence-electron chi connectivity index (χ0n) is 10.9. The highest BCUT2D eigenvalue weighted by Crippen LogP contribution is 2.22. The molecule has 21 heavy (non-hydrogen) atoms. The van der Waals surface area contributed by atoms with Crippen LogP contribution in [0.1, 0.15) is 0 Å². The first kappa shape index (κ1) is 17.1. The van der Waals surface area contributed by atoms with Gasteiger partial charge in [-0.15, -0.1) is 0 Å². The zero-order valence-corrected chi connectivity index (χ0v) is 10.9. The summed E-state index contributed by atoms with van der Waals surface area (Å²) in [7, 11) is 0. The maximum Gasteiger partial charge on any atom is 0.370 e. The van der Waals surface area contributed by atoms with Crippen LogP contribution in [0.3, 0.4) is 0 Å². The van der Waals surface area contributed by atoms with Crippen LogP contribution in [0.2, 0.25) is 0 Å². The van der Waals surface area contributed by atoms with Crippen molar-refractivity contribution in [1.82, 2.24) is 5.32 Å². The second kappa shape index (κ2) is 7.18. The fraction of sp³-hybridized carbons (Fsp3) is 0.500. The maximum absolute atomic E-state index is 11.3. The van der Waals surface area contributed by atoms with E-state index in [1.807, 2.05) is 0 Å². The van der Waals surface area contributed by atoms with Gasteiger partial charge in [-0.1, -0.05) is 6.58 Å². The van der Waals surface area contributed by atoms with Gasteiger partial charge in [0.15, 0.2) is 6.10 Å². The Morgan fingerprint density at radius 2 is 2.10 bits per heavy atom. The molecule has 118 valence electrons. The topological polar surface area (TPSA) is 157 Å². The molecule has 1 rings (SSSR count). The van der Waals surface area contributed by atoms with E-state index in [1.165, 1.54) is 0 Å². The number of carboxylic acids is 1. The highest BCUT2D eigenvalue weighted by molar-refractivity contribution is 5.87. The van der Waals surface area contributed by atoms with Gasteiger partial charge in [0, 0.05) is 0 Å². The number of ether oxygens (including phenoxy) is 1. The molecule has 1 amide bonds. The van der Waals surface area contributed by atoms with E-state index < -0.39 is 54.7 Å². The number of hydrogen-bond acceptors (Lipinski definition) is 7. The first-order valence-electron chi connectivity index (χ1n) is 6.01. The summed E-state index contributed by atoms with van der Waals surface area (Å²) in [4.78, 5) is 22.2. The number of aliphatic hydroxyl groups is 4. The van der Waals surface area contributed by atoms with E-state index in [0.717, 1.165) is 12.2 Å². The first-order chi connectivity index (χ1) is 9.81. The lowest BCUT2D eigenvalue weighted by Gasteiger charge is -2.37. The van der Waals surface area contributed by atoms with Gasteiger partial charge in [-0.25, -0.2) is 4.79 Å². The van der Waals surface area contributed by atoms with Crippen molar-refractivity contribution in [3.05, 3.63) is 24.5 Å². The van der Waals surface area contributed by atoms with Gasteiger partial charge in [-0.3, -0.25) is 4.79 Å².